The number of hydrogen-bond acceptors (Lipinski definition) is 3. The molecule has 1 heterocycles. The Kier molecular flexibility index (Phi) is 7.94. The SMILES string of the molecule is COCCN(C(=S)Nc1cc(Cl)ccc1C)C1CCN(C(C)C)CC1. The first-order valence-electron chi connectivity index (χ1n) is 8.99. The number of ether oxygens (including phenoxy) is 1. The van der Waals surface area contributed by atoms with E-state index in [1.54, 1.807) is 7.11 Å². The van der Waals surface area contributed by atoms with Gasteiger partial charge in [-0.15, -0.1) is 0 Å². The maximum atomic E-state index is 6.14. The Morgan fingerprint density at radius 2 is 2.08 bits per heavy atom. The van der Waals surface area contributed by atoms with Gasteiger partial charge in [0, 0.05) is 49.5 Å². The second-order valence-electron chi connectivity index (χ2n) is 6.94. The Morgan fingerprint density at radius 3 is 2.68 bits per heavy atom. The number of aryl methyl sites for hydroxylation is 1. The van der Waals surface area contributed by atoms with E-state index in [4.69, 9.17) is 28.6 Å². The Labute approximate surface area is 162 Å². The smallest absolute Gasteiger partial charge is 0.173 e. The molecule has 1 aliphatic rings. The minimum absolute atomic E-state index is 0.449. The molecule has 0 radical (unpaired) electrons. The van der Waals surface area contributed by atoms with Crippen LogP contribution < -0.4 is 5.32 Å². The zero-order valence-corrected chi connectivity index (χ0v) is 17.3. The van der Waals surface area contributed by atoms with Crippen LogP contribution in [0.3, 0.4) is 0 Å². The van der Waals surface area contributed by atoms with Gasteiger partial charge in [-0.1, -0.05) is 17.7 Å². The lowest BCUT2D eigenvalue weighted by Gasteiger charge is -2.41. The zero-order valence-electron chi connectivity index (χ0n) is 15.7. The summed E-state index contributed by atoms with van der Waals surface area (Å²) in [5, 5.41) is 4.86. The first-order valence-corrected chi connectivity index (χ1v) is 9.77. The van der Waals surface area contributed by atoms with E-state index in [-0.39, 0.29) is 0 Å². The lowest BCUT2D eigenvalue weighted by molar-refractivity contribution is 0.108. The van der Waals surface area contributed by atoms with Crippen molar-refractivity contribution in [3.05, 3.63) is 28.8 Å². The van der Waals surface area contributed by atoms with Gasteiger partial charge < -0.3 is 19.9 Å². The van der Waals surface area contributed by atoms with Crippen LogP contribution in [0.15, 0.2) is 18.2 Å². The fourth-order valence-electron chi connectivity index (χ4n) is 3.27. The van der Waals surface area contributed by atoms with E-state index in [1.807, 2.05) is 18.2 Å². The number of piperidine rings is 1. The minimum Gasteiger partial charge on any atom is -0.383 e. The summed E-state index contributed by atoms with van der Waals surface area (Å²) in [4.78, 5) is 4.82. The average Bonchev–Trinajstić information content (AvgIpc) is 2.59. The van der Waals surface area contributed by atoms with Crippen molar-refractivity contribution in [1.29, 1.82) is 0 Å². The van der Waals surface area contributed by atoms with Crippen molar-refractivity contribution in [3.63, 3.8) is 0 Å². The molecule has 0 atom stereocenters. The highest BCUT2D eigenvalue weighted by Gasteiger charge is 2.27. The van der Waals surface area contributed by atoms with Gasteiger partial charge in [0.25, 0.3) is 0 Å². The summed E-state index contributed by atoms with van der Waals surface area (Å²) < 4.78 is 5.31. The second kappa shape index (κ2) is 9.72. The molecule has 0 unspecified atom stereocenters. The number of rotatable bonds is 6. The molecular formula is C19H30ClN3OS. The van der Waals surface area contributed by atoms with Gasteiger partial charge in [-0.3, -0.25) is 0 Å². The molecule has 1 aliphatic heterocycles. The number of nitrogens with zero attached hydrogens (tertiary/aromatic N) is 2. The molecule has 4 nitrogen and oxygen atoms in total. The van der Waals surface area contributed by atoms with E-state index in [0.29, 0.717) is 23.7 Å². The quantitative estimate of drug-likeness (QED) is 0.744. The summed E-state index contributed by atoms with van der Waals surface area (Å²) in [5.41, 5.74) is 2.10. The number of methoxy groups -OCH3 is 1. The third kappa shape index (κ3) is 5.81. The summed E-state index contributed by atoms with van der Waals surface area (Å²) in [6.07, 6.45) is 2.25. The third-order valence-corrected chi connectivity index (χ3v) is 5.48. The standard InChI is InChI=1S/C19H30ClN3OS/c1-14(2)22-9-7-17(8-10-22)23(11-12-24-4)19(25)21-18-13-16(20)6-5-15(18)3/h5-6,13-14,17H,7-12H2,1-4H3,(H,21,25). The average molecular weight is 384 g/mol. The van der Waals surface area contributed by atoms with Crippen molar-refractivity contribution in [3.8, 4) is 0 Å². The van der Waals surface area contributed by atoms with Gasteiger partial charge in [0.2, 0.25) is 0 Å². The van der Waals surface area contributed by atoms with Crippen LogP contribution in [0.4, 0.5) is 5.69 Å². The van der Waals surface area contributed by atoms with E-state index >= 15 is 0 Å². The van der Waals surface area contributed by atoms with Crippen molar-refractivity contribution < 1.29 is 4.74 Å². The van der Waals surface area contributed by atoms with Crippen LogP contribution in [-0.2, 0) is 4.74 Å². The summed E-state index contributed by atoms with van der Waals surface area (Å²) in [6.45, 7) is 10.3. The summed E-state index contributed by atoms with van der Waals surface area (Å²) in [6, 6.07) is 6.89. The number of thiocarbonyl (C=S) groups is 1. The molecule has 2 rings (SSSR count). The van der Waals surface area contributed by atoms with Crippen molar-refractivity contribution in [2.24, 2.45) is 0 Å². The lowest BCUT2D eigenvalue weighted by atomic mass is 10.0. The number of hydrogen-bond donors (Lipinski definition) is 1. The second-order valence-corrected chi connectivity index (χ2v) is 7.76. The predicted molar refractivity (Wildman–Crippen MR) is 111 cm³/mol. The first-order chi connectivity index (χ1) is 11.9. The highest BCUT2D eigenvalue weighted by molar-refractivity contribution is 7.80. The number of benzene rings is 1. The van der Waals surface area contributed by atoms with Crippen LogP contribution in [0.1, 0.15) is 32.3 Å². The van der Waals surface area contributed by atoms with Crippen molar-refractivity contribution in [2.45, 2.75) is 45.7 Å². The van der Waals surface area contributed by atoms with Gasteiger partial charge >= 0.3 is 0 Å². The van der Waals surface area contributed by atoms with E-state index < -0.39 is 0 Å². The van der Waals surface area contributed by atoms with Crippen LogP contribution >= 0.6 is 23.8 Å². The van der Waals surface area contributed by atoms with Crippen LogP contribution in [0, 0.1) is 6.92 Å². The molecule has 1 saturated heterocycles. The highest BCUT2D eigenvalue weighted by Crippen LogP contribution is 2.23. The fraction of sp³-hybridized carbons (Fsp3) is 0.632. The third-order valence-electron chi connectivity index (χ3n) is 4.91. The summed E-state index contributed by atoms with van der Waals surface area (Å²) in [5.74, 6) is 0. The molecular weight excluding hydrogens is 354 g/mol. The van der Waals surface area contributed by atoms with Crippen LogP contribution in [0.2, 0.25) is 5.02 Å². The van der Waals surface area contributed by atoms with Crippen molar-refractivity contribution in [1.82, 2.24) is 9.80 Å². The Morgan fingerprint density at radius 1 is 1.40 bits per heavy atom. The van der Waals surface area contributed by atoms with Crippen molar-refractivity contribution in [2.75, 3.05) is 38.7 Å². The summed E-state index contributed by atoms with van der Waals surface area (Å²) >= 11 is 11.9. The van der Waals surface area contributed by atoms with Crippen molar-refractivity contribution >= 4 is 34.6 Å². The molecule has 1 aromatic rings. The number of nitrogens with one attached hydrogen (secondary N) is 1. The molecule has 6 heteroatoms. The van der Waals surface area contributed by atoms with E-state index in [0.717, 1.165) is 48.8 Å². The molecule has 140 valence electrons. The predicted octanol–water partition coefficient (Wildman–Crippen LogP) is 4.17. The maximum absolute atomic E-state index is 6.14. The molecule has 1 N–H and O–H groups in total. The topological polar surface area (TPSA) is 27.7 Å². The number of anilines is 1. The van der Waals surface area contributed by atoms with E-state index in [1.165, 1.54) is 0 Å². The molecule has 1 fully saturated rings. The molecule has 0 aliphatic carbocycles. The van der Waals surface area contributed by atoms with E-state index in [2.05, 4.69) is 35.9 Å². The Hall–Kier alpha value is -0.880. The Balaban J connectivity index is 2.06. The maximum Gasteiger partial charge on any atom is 0.173 e. The monoisotopic (exact) mass is 383 g/mol. The molecule has 0 saturated carbocycles. The molecule has 0 spiro atoms. The van der Waals surface area contributed by atoms with Crippen LogP contribution in [0.5, 0.6) is 0 Å². The molecule has 25 heavy (non-hydrogen) atoms. The molecule has 0 aromatic heterocycles. The van der Waals surface area contributed by atoms with Gasteiger partial charge in [-0.25, -0.2) is 0 Å². The van der Waals surface area contributed by atoms with Gasteiger partial charge in [0.1, 0.15) is 0 Å². The fourth-order valence-corrected chi connectivity index (χ4v) is 3.79. The first kappa shape index (κ1) is 20.4. The number of halogens is 1. The minimum atomic E-state index is 0.449. The van der Waals surface area contributed by atoms with Crippen LogP contribution in [0.25, 0.3) is 0 Å². The highest BCUT2D eigenvalue weighted by atomic mass is 35.5. The summed E-state index contributed by atoms with van der Waals surface area (Å²) in [7, 11) is 1.73. The molecule has 0 amide bonds. The Bertz CT molecular complexity index is 574. The van der Waals surface area contributed by atoms with Gasteiger partial charge in [-0.2, -0.15) is 0 Å². The van der Waals surface area contributed by atoms with E-state index in [9.17, 15) is 0 Å². The van der Waals surface area contributed by atoms with Crippen LogP contribution in [-0.4, -0.2) is 60.3 Å². The largest absolute Gasteiger partial charge is 0.383 e. The molecule has 1 aromatic carbocycles. The normalized spacial score (nSPS) is 16.2. The van der Waals surface area contributed by atoms with Gasteiger partial charge in [0.05, 0.1) is 6.61 Å². The lowest BCUT2D eigenvalue weighted by Crippen LogP contribution is -2.50. The van der Waals surface area contributed by atoms with Gasteiger partial charge in [0.15, 0.2) is 5.11 Å². The zero-order chi connectivity index (χ0) is 18.4. The number of likely N-dealkylation sites (tertiary alicyclic amines) is 1. The molecule has 0 bridgehead atoms. The van der Waals surface area contributed by atoms with Gasteiger partial charge in [-0.05, 0) is 63.5 Å².